The number of hydrogen-bond acceptors (Lipinski definition) is 4. The second-order valence-corrected chi connectivity index (χ2v) is 5.70. The summed E-state index contributed by atoms with van der Waals surface area (Å²) in [6.45, 7) is 3.38. The number of nitrogens with one attached hydrogen (secondary N) is 1. The molecule has 0 bridgehead atoms. The minimum absolute atomic E-state index is 0.118. The second-order valence-electron chi connectivity index (χ2n) is 5.70. The molecule has 1 amide bonds. The first-order valence-corrected chi connectivity index (χ1v) is 7.94. The zero-order valence-corrected chi connectivity index (χ0v) is 14.8. The largest absolute Gasteiger partial charge is 0.494 e. The molecule has 0 spiro atoms. The molecular weight excluding hydrogens is 337 g/mol. The van der Waals surface area contributed by atoms with Crippen LogP contribution in [0.25, 0.3) is 6.08 Å². The summed E-state index contributed by atoms with van der Waals surface area (Å²) in [5, 5.41) is 2.70. The third kappa shape index (κ3) is 5.44. The van der Waals surface area contributed by atoms with E-state index in [2.05, 4.69) is 5.32 Å². The molecule has 0 aromatic heterocycles. The lowest BCUT2D eigenvalue weighted by Gasteiger charge is -2.09. The molecule has 5 nitrogen and oxygen atoms in total. The number of halogens is 1. The van der Waals surface area contributed by atoms with E-state index >= 15 is 0 Å². The lowest BCUT2D eigenvalue weighted by molar-refractivity contribution is -0.142. The van der Waals surface area contributed by atoms with Crippen molar-refractivity contribution in [2.45, 2.75) is 13.8 Å². The van der Waals surface area contributed by atoms with Gasteiger partial charge in [-0.3, -0.25) is 4.79 Å². The lowest BCUT2D eigenvalue weighted by atomic mass is 10.1. The summed E-state index contributed by atoms with van der Waals surface area (Å²) in [6.07, 6.45) is 2.53. The number of carbonyl (C=O) groups excluding carboxylic acids is 2. The molecule has 0 saturated carbocycles. The third-order valence-electron chi connectivity index (χ3n) is 3.60. The Labute approximate surface area is 151 Å². The molecule has 2 aromatic rings. The first-order valence-electron chi connectivity index (χ1n) is 7.94. The number of anilines is 1. The number of aryl methyl sites for hydroxylation is 2. The number of carbonyl (C=O) groups is 2. The Hall–Kier alpha value is -3.15. The maximum absolute atomic E-state index is 13.6. The first-order chi connectivity index (χ1) is 12.4. The fourth-order valence-electron chi connectivity index (χ4n) is 2.19. The minimum Gasteiger partial charge on any atom is -0.494 e. The lowest BCUT2D eigenvalue weighted by Crippen LogP contribution is -2.20. The molecule has 0 atom stereocenters. The van der Waals surface area contributed by atoms with Crippen molar-refractivity contribution in [3.63, 3.8) is 0 Å². The molecule has 0 aliphatic heterocycles. The van der Waals surface area contributed by atoms with Gasteiger partial charge >= 0.3 is 5.97 Å². The SMILES string of the molecule is COc1ccc(/C=C/C(=O)OCC(=O)Nc2cc(C)ccc2C)cc1F. The average Bonchev–Trinajstić information content (AvgIpc) is 2.61. The Morgan fingerprint density at radius 1 is 1.15 bits per heavy atom. The van der Waals surface area contributed by atoms with E-state index in [1.807, 2.05) is 32.0 Å². The quantitative estimate of drug-likeness (QED) is 0.633. The van der Waals surface area contributed by atoms with Gasteiger partial charge in [-0.05, 0) is 54.8 Å². The van der Waals surface area contributed by atoms with E-state index in [0.717, 1.165) is 17.2 Å². The molecule has 6 heteroatoms. The zero-order valence-electron chi connectivity index (χ0n) is 14.8. The molecule has 0 heterocycles. The summed E-state index contributed by atoms with van der Waals surface area (Å²) in [6, 6.07) is 9.96. The normalized spacial score (nSPS) is 10.6. The van der Waals surface area contributed by atoms with Crippen LogP contribution >= 0.6 is 0 Å². The molecule has 0 fully saturated rings. The van der Waals surface area contributed by atoms with Crippen LogP contribution in [0, 0.1) is 19.7 Å². The molecule has 26 heavy (non-hydrogen) atoms. The standard InChI is InChI=1S/C20H20FNO4/c1-13-4-5-14(2)17(10-13)22-19(23)12-26-20(24)9-7-15-6-8-18(25-3)16(21)11-15/h4-11H,12H2,1-3H3,(H,22,23)/b9-7+. The Morgan fingerprint density at radius 2 is 1.92 bits per heavy atom. The Morgan fingerprint density at radius 3 is 2.62 bits per heavy atom. The number of ether oxygens (including phenoxy) is 2. The topological polar surface area (TPSA) is 64.6 Å². The highest BCUT2D eigenvalue weighted by atomic mass is 19.1. The van der Waals surface area contributed by atoms with Crippen LogP contribution in [0.2, 0.25) is 0 Å². The van der Waals surface area contributed by atoms with Crippen LogP contribution in [-0.4, -0.2) is 25.6 Å². The van der Waals surface area contributed by atoms with Crippen molar-refractivity contribution in [2.75, 3.05) is 19.0 Å². The van der Waals surface area contributed by atoms with Crippen LogP contribution in [-0.2, 0) is 14.3 Å². The molecule has 0 aliphatic carbocycles. The highest BCUT2D eigenvalue weighted by molar-refractivity contribution is 5.95. The van der Waals surface area contributed by atoms with Gasteiger partial charge in [0.15, 0.2) is 18.2 Å². The van der Waals surface area contributed by atoms with E-state index < -0.39 is 24.3 Å². The van der Waals surface area contributed by atoms with Crippen LogP contribution in [0.4, 0.5) is 10.1 Å². The first kappa shape index (κ1) is 19.2. The highest BCUT2D eigenvalue weighted by Gasteiger charge is 2.08. The highest BCUT2D eigenvalue weighted by Crippen LogP contribution is 2.18. The van der Waals surface area contributed by atoms with Gasteiger partial charge in [0.05, 0.1) is 7.11 Å². The Balaban J connectivity index is 1.87. The van der Waals surface area contributed by atoms with E-state index in [0.29, 0.717) is 11.3 Å². The molecule has 0 saturated heterocycles. The molecule has 2 rings (SSSR count). The molecule has 0 radical (unpaired) electrons. The van der Waals surface area contributed by atoms with Crippen molar-refractivity contribution in [2.24, 2.45) is 0 Å². The van der Waals surface area contributed by atoms with E-state index in [4.69, 9.17) is 9.47 Å². The van der Waals surface area contributed by atoms with Crippen LogP contribution in [0.1, 0.15) is 16.7 Å². The van der Waals surface area contributed by atoms with Crippen molar-refractivity contribution < 1.29 is 23.5 Å². The van der Waals surface area contributed by atoms with Gasteiger partial charge in [-0.2, -0.15) is 0 Å². The van der Waals surface area contributed by atoms with Gasteiger partial charge in [0.1, 0.15) is 0 Å². The number of methoxy groups -OCH3 is 1. The van der Waals surface area contributed by atoms with Crippen molar-refractivity contribution in [1.82, 2.24) is 0 Å². The predicted molar refractivity (Wildman–Crippen MR) is 97.5 cm³/mol. The van der Waals surface area contributed by atoms with Gasteiger partial charge in [-0.25, -0.2) is 9.18 Å². The fourth-order valence-corrected chi connectivity index (χ4v) is 2.19. The van der Waals surface area contributed by atoms with Gasteiger partial charge in [-0.1, -0.05) is 18.2 Å². The molecule has 0 aliphatic rings. The van der Waals surface area contributed by atoms with E-state index in [9.17, 15) is 14.0 Å². The number of rotatable bonds is 6. The summed E-state index contributed by atoms with van der Waals surface area (Å²) in [7, 11) is 1.37. The summed E-state index contributed by atoms with van der Waals surface area (Å²) in [4.78, 5) is 23.6. The average molecular weight is 357 g/mol. The minimum atomic E-state index is -0.697. The van der Waals surface area contributed by atoms with E-state index in [-0.39, 0.29) is 5.75 Å². The van der Waals surface area contributed by atoms with E-state index in [1.54, 1.807) is 6.07 Å². The third-order valence-corrected chi connectivity index (χ3v) is 3.60. The smallest absolute Gasteiger partial charge is 0.331 e. The van der Waals surface area contributed by atoms with Gasteiger partial charge in [0.25, 0.3) is 5.91 Å². The summed E-state index contributed by atoms with van der Waals surface area (Å²) in [5.74, 6) is -1.54. The van der Waals surface area contributed by atoms with E-state index in [1.165, 1.54) is 25.3 Å². The van der Waals surface area contributed by atoms with Gasteiger partial charge in [0, 0.05) is 11.8 Å². The summed E-state index contributed by atoms with van der Waals surface area (Å²) in [5.41, 5.74) is 3.07. The molecule has 136 valence electrons. The number of hydrogen-bond donors (Lipinski definition) is 1. The second kappa shape index (κ2) is 8.80. The molecule has 2 aromatic carbocycles. The van der Waals surface area contributed by atoms with Gasteiger partial charge in [-0.15, -0.1) is 0 Å². The Bertz CT molecular complexity index is 846. The van der Waals surface area contributed by atoms with Crippen LogP contribution in [0.5, 0.6) is 5.75 Å². The fraction of sp³-hybridized carbons (Fsp3) is 0.200. The van der Waals surface area contributed by atoms with Gasteiger partial charge in [0.2, 0.25) is 0 Å². The molecular formula is C20H20FNO4. The maximum Gasteiger partial charge on any atom is 0.331 e. The summed E-state index contributed by atoms with van der Waals surface area (Å²) < 4.78 is 23.3. The number of amides is 1. The monoisotopic (exact) mass is 357 g/mol. The molecule has 0 unspecified atom stereocenters. The Kier molecular flexibility index (Phi) is 6.49. The maximum atomic E-state index is 13.6. The predicted octanol–water partition coefficient (Wildman–Crippen LogP) is 3.65. The summed E-state index contributed by atoms with van der Waals surface area (Å²) >= 11 is 0. The van der Waals surface area contributed by atoms with Crippen molar-refractivity contribution >= 4 is 23.6 Å². The van der Waals surface area contributed by atoms with Crippen LogP contribution < -0.4 is 10.1 Å². The van der Waals surface area contributed by atoms with Crippen molar-refractivity contribution in [3.05, 3.63) is 65.0 Å². The van der Waals surface area contributed by atoms with Crippen molar-refractivity contribution in [3.8, 4) is 5.75 Å². The molecule has 1 N–H and O–H groups in total. The number of esters is 1. The van der Waals surface area contributed by atoms with Gasteiger partial charge < -0.3 is 14.8 Å². The van der Waals surface area contributed by atoms with Crippen molar-refractivity contribution in [1.29, 1.82) is 0 Å². The van der Waals surface area contributed by atoms with Crippen LogP contribution in [0.15, 0.2) is 42.5 Å². The number of benzene rings is 2. The zero-order chi connectivity index (χ0) is 19.1. The van der Waals surface area contributed by atoms with Crippen LogP contribution in [0.3, 0.4) is 0 Å².